The lowest BCUT2D eigenvalue weighted by Gasteiger charge is -2.27. The van der Waals surface area contributed by atoms with E-state index < -0.39 is 0 Å². The molecule has 114 valence electrons. The van der Waals surface area contributed by atoms with Crippen LogP contribution in [0.15, 0.2) is 24.3 Å². The maximum atomic E-state index is 12.3. The minimum absolute atomic E-state index is 0.244. The van der Waals surface area contributed by atoms with E-state index in [-0.39, 0.29) is 11.9 Å². The van der Waals surface area contributed by atoms with Gasteiger partial charge >= 0.3 is 0 Å². The van der Waals surface area contributed by atoms with Crippen molar-refractivity contribution in [3.8, 4) is 0 Å². The van der Waals surface area contributed by atoms with Crippen molar-refractivity contribution in [2.45, 2.75) is 70.3 Å². The first kappa shape index (κ1) is 14.6. The summed E-state index contributed by atoms with van der Waals surface area (Å²) in [5, 5.41) is 3.28. The normalized spacial score (nSPS) is 22.6. The highest BCUT2D eigenvalue weighted by atomic mass is 16.1. The van der Waals surface area contributed by atoms with Crippen molar-refractivity contribution in [1.82, 2.24) is 5.32 Å². The summed E-state index contributed by atoms with van der Waals surface area (Å²) in [5.41, 5.74) is 2.76. The number of fused-ring (bicyclic) bond motifs is 1. The number of amides is 1. The Morgan fingerprint density at radius 3 is 2.71 bits per heavy atom. The van der Waals surface area contributed by atoms with E-state index >= 15 is 0 Å². The van der Waals surface area contributed by atoms with E-state index in [2.05, 4.69) is 29.6 Å². The second kappa shape index (κ2) is 7.11. The fourth-order valence-corrected chi connectivity index (χ4v) is 3.98. The van der Waals surface area contributed by atoms with Crippen LogP contribution in [-0.2, 0) is 11.2 Å². The molecule has 0 heterocycles. The maximum Gasteiger partial charge on any atom is 0.220 e. The molecule has 1 N–H and O–H groups in total. The number of carbonyl (C=O) groups is 1. The van der Waals surface area contributed by atoms with Gasteiger partial charge in [0.15, 0.2) is 0 Å². The van der Waals surface area contributed by atoms with Crippen LogP contribution in [0, 0.1) is 5.92 Å². The summed E-state index contributed by atoms with van der Waals surface area (Å²) >= 11 is 0. The van der Waals surface area contributed by atoms with Crippen LogP contribution in [0.4, 0.5) is 0 Å². The zero-order chi connectivity index (χ0) is 14.5. The van der Waals surface area contributed by atoms with Gasteiger partial charge in [-0.05, 0) is 42.7 Å². The Morgan fingerprint density at radius 2 is 1.86 bits per heavy atom. The van der Waals surface area contributed by atoms with Crippen LogP contribution in [0.3, 0.4) is 0 Å². The molecule has 2 nitrogen and oxygen atoms in total. The highest BCUT2D eigenvalue weighted by Gasteiger charge is 2.22. The van der Waals surface area contributed by atoms with Gasteiger partial charge in [-0.25, -0.2) is 0 Å². The van der Waals surface area contributed by atoms with E-state index in [9.17, 15) is 4.79 Å². The van der Waals surface area contributed by atoms with Crippen LogP contribution >= 0.6 is 0 Å². The average molecular weight is 285 g/mol. The van der Waals surface area contributed by atoms with Crippen molar-refractivity contribution >= 4 is 5.91 Å². The maximum absolute atomic E-state index is 12.3. The molecule has 2 aliphatic carbocycles. The summed E-state index contributed by atoms with van der Waals surface area (Å²) in [6, 6.07) is 8.82. The van der Waals surface area contributed by atoms with E-state index in [1.807, 2.05) is 0 Å². The SMILES string of the molecule is O=C(CCC1CCCCC1)N[C@H]1CCCc2ccccc21. The molecule has 3 rings (SSSR count). The molecule has 1 aromatic carbocycles. The van der Waals surface area contributed by atoms with Crippen molar-refractivity contribution in [2.24, 2.45) is 5.92 Å². The Balaban J connectivity index is 1.51. The summed E-state index contributed by atoms with van der Waals surface area (Å²) in [4.78, 5) is 12.3. The quantitative estimate of drug-likeness (QED) is 0.864. The van der Waals surface area contributed by atoms with E-state index in [0.717, 1.165) is 25.2 Å². The lowest BCUT2D eigenvalue weighted by Crippen LogP contribution is -2.31. The third-order valence-corrected chi connectivity index (χ3v) is 5.21. The van der Waals surface area contributed by atoms with Gasteiger partial charge in [0, 0.05) is 6.42 Å². The topological polar surface area (TPSA) is 29.1 Å². The van der Waals surface area contributed by atoms with Crippen LogP contribution in [0.25, 0.3) is 0 Å². The predicted octanol–water partition coefficient (Wildman–Crippen LogP) is 4.54. The lowest BCUT2D eigenvalue weighted by atomic mass is 9.85. The highest BCUT2D eigenvalue weighted by molar-refractivity contribution is 5.76. The molecule has 1 saturated carbocycles. The Hall–Kier alpha value is -1.31. The zero-order valence-corrected chi connectivity index (χ0v) is 12.9. The van der Waals surface area contributed by atoms with Crippen LogP contribution in [-0.4, -0.2) is 5.91 Å². The predicted molar refractivity (Wildman–Crippen MR) is 86.1 cm³/mol. The van der Waals surface area contributed by atoms with Crippen molar-refractivity contribution in [1.29, 1.82) is 0 Å². The molecule has 1 fully saturated rings. The van der Waals surface area contributed by atoms with Gasteiger partial charge in [-0.3, -0.25) is 4.79 Å². The Bertz CT molecular complexity index is 476. The number of carbonyl (C=O) groups excluding carboxylic acids is 1. The molecule has 1 amide bonds. The van der Waals surface area contributed by atoms with Crippen molar-refractivity contribution in [2.75, 3.05) is 0 Å². The van der Waals surface area contributed by atoms with E-state index in [1.165, 1.54) is 49.7 Å². The minimum Gasteiger partial charge on any atom is -0.349 e. The molecular weight excluding hydrogens is 258 g/mol. The van der Waals surface area contributed by atoms with Gasteiger partial charge < -0.3 is 5.32 Å². The van der Waals surface area contributed by atoms with Gasteiger partial charge in [0.1, 0.15) is 0 Å². The number of aryl methyl sites for hydroxylation is 1. The standard InChI is InChI=1S/C19H27NO/c21-19(14-13-15-7-2-1-3-8-15)20-18-12-6-10-16-9-4-5-11-17(16)18/h4-5,9,11,15,18H,1-3,6-8,10,12-14H2,(H,20,21)/t18-/m0/s1. The van der Waals surface area contributed by atoms with Crippen molar-refractivity contribution < 1.29 is 4.79 Å². The molecule has 2 aliphatic rings. The Morgan fingerprint density at radius 1 is 1.05 bits per heavy atom. The number of rotatable bonds is 4. The third kappa shape index (κ3) is 3.87. The number of hydrogen-bond acceptors (Lipinski definition) is 1. The summed E-state index contributed by atoms with van der Waals surface area (Å²) in [7, 11) is 0. The number of nitrogens with one attached hydrogen (secondary N) is 1. The first-order chi connectivity index (χ1) is 10.3. The summed E-state index contributed by atoms with van der Waals surface area (Å²) < 4.78 is 0. The Kier molecular flexibility index (Phi) is 4.95. The largest absolute Gasteiger partial charge is 0.349 e. The van der Waals surface area contributed by atoms with Gasteiger partial charge in [-0.2, -0.15) is 0 Å². The molecule has 1 aromatic rings. The second-order valence-corrected chi connectivity index (χ2v) is 6.75. The average Bonchev–Trinajstić information content (AvgIpc) is 2.54. The smallest absolute Gasteiger partial charge is 0.220 e. The summed E-state index contributed by atoms with van der Waals surface area (Å²) in [6.07, 6.45) is 12.0. The monoisotopic (exact) mass is 285 g/mol. The second-order valence-electron chi connectivity index (χ2n) is 6.75. The molecule has 1 atom stereocenters. The van der Waals surface area contributed by atoms with Gasteiger partial charge in [0.25, 0.3) is 0 Å². The molecule has 21 heavy (non-hydrogen) atoms. The fourth-order valence-electron chi connectivity index (χ4n) is 3.98. The van der Waals surface area contributed by atoms with Crippen LogP contribution < -0.4 is 5.32 Å². The lowest BCUT2D eigenvalue weighted by molar-refractivity contribution is -0.122. The van der Waals surface area contributed by atoms with Crippen LogP contribution in [0.2, 0.25) is 0 Å². The summed E-state index contributed by atoms with van der Waals surface area (Å²) in [5.74, 6) is 1.05. The molecule has 2 heteroatoms. The number of hydrogen-bond donors (Lipinski definition) is 1. The van der Waals surface area contributed by atoms with E-state index in [4.69, 9.17) is 0 Å². The molecule has 0 aromatic heterocycles. The van der Waals surface area contributed by atoms with E-state index in [0.29, 0.717) is 6.42 Å². The molecule has 0 radical (unpaired) electrons. The van der Waals surface area contributed by atoms with Crippen molar-refractivity contribution in [3.05, 3.63) is 35.4 Å². The summed E-state index contributed by atoms with van der Waals surface area (Å²) in [6.45, 7) is 0. The zero-order valence-electron chi connectivity index (χ0n) is 12.9. The van der Waals surface area contributed by atoms with Gasteiger partial charge in [0.05, 0.1) is 6.04 Å². The van der Waals surface area contributed by atoms with Gasteiger partial charge in [-0.1, -0.05) is 56.4 Å². The molecule has 0 spiro atoms. The molecule has 0 saturated heterocycles. The van der Waals surface area contributed by atoms with Gasteiger partial charge in [-0.15, -0.1) is 0 Å². The van der Waals surface area contributed by atoms with Crippen LogP contribution in [0.1, 0.15) is 75.0 Å². The van der Waals surface area contributed by atoms with Gasteiger partial charge in [0.2, 0.25) is 5.91 Å². The fraction of sp³-hybridized carbons (Fsp3) is 0.632. The molecular formula is C19H27NO. The third-order valence-electron chi connectivity index (χ3n) is 5.21. The number of benzene rings is 1. The molecule has 0 aliphatic heterocycles. The van der Waals surface area contributed by atoms with Crippen LogP contribution in [0.5, 0.6) is 0 Å². The van der Waals surface area contributed by atoms with E-state index in [1.54, 1.807) is 0 Å². The first-order valence-corrected chi connectivity index (χ1v) is 8.70. The highest BCUT2D eigenvalue weighted by Crippen LogP contribution is 2.30. The van der Waals surface area contributed by atoms with Crippen molar-refractivity contribution in [3.63, 3.8) is 0 Å². The Labute approximate surface area is 128 Å². The molecule has 0 unspecified atom stereocenters. The first-order valence-electron chi connectivity index (χ1n) is 8.70. The minimum atomic E-state index is 0.244. The molecule has 0 bridgehead atoms.